The van der Waals surface area contributed by atoms with E-state index in [1.165, 1.54) is 334 Å². The van der Waals surface area contributed by atoms with Gasteiger partial charge in [-0.05, 0) is 32.1 Å². The SMILES string of the molecule is CCCCCCCCCC/C=C/C(O)C(CO)NC(=O)CCCCCCCCCCCCCCCCCCCCCCCCCCCCCCCCCOC(=O)CCCCCCCCCCCCCCCCCCCC. The fourth-order valence-corrected chi connectivity index (χ4v) is 11.2. The maximum Gasteiger partial charge on any atom is 0.305 e. The average molecular weight is 1070 g/mol. The minimum atomic E-state index is -0.839. The first-order valence-corrected chi connectivity index (χ1v) is 35.0. The Bertz CT molecular complexity index is 1140. The van der Waals surface area contributed by atoms with E-state index in [9.17, 15) is 19.8 Å². The minimum Gasteiger partial charge on any atom is -0.466 e. The van der Waals surface area contributed by atoms with Crippen molar-refractivity contribution < 1.29 is 24.5 Å². The van der Waals surface area contributed by atoms with E-state index >= 15 is 0 Å². The molecule has 0 saturated heterocycles. The highest BCUT2D eigenvalue weighted by Crippen LogP contribution is 2.19. The lowest BCUT2D eigenvalue weighted by molar-refractivity contribution is -0.143. The van der Waals surface area contributed by atoms with Gasteiger partial charge in [-0.2, -0.15) is 0 Å². The lowest BCUT2D eigenvalue weighted by Crippen LogP contribution is -2.45. The molecule has 76 heavy (non-hydrogen) atoms. The average Bonchev–Trinajstić information content (AvgIpc) is 3.42. The van der Waals surface area contributed by atoms with Crippen LogP contribution in [0.25, 0.3) is 0 Å². The van der Waals surface area contributed by atoms with Crippen LogP contribution in [0.5, 0.6) is 0 Å². The number of carbonyl (C=O) groups excluding carboxylic acids is 2. The van der Waals surface area contributed by atoms with E-state index in [0.29, 0.717) is 19.4 Å². The summed E-state index contributed by atoms with van der Waals surface area (Å²) < 4.78 is 5.51. The van der Waals surface area contributed by atoms with Gasteiger partial charge in [0.1, 0.15) is 0 Å². The normalized spacial score (nSPS) is 12.5. The third-order valence-electron chi connectivity index (χ3n) is 16.6. The fourth-order valence-electron chi connectivity index (χ4n) is 11.2. The number of rotatable bonds is 66. The molecule has 0 radical (unpaired) electrons. The lowest BCUT2D eigenvalue weighted by atomic mass is 10.0. The number of aliphatic hydroxyl groups excluding tert-OH is 2. The molecule has 0 aromatic heterocycles. The predicted molar refractivity (Wildman–Crippen MR) is 333 cm³/mol. The Hall–Kier alpha value is -1.40. The zero-order chi connectivity index (χ0) is 55.0. The Morgan fingerprint density at radius 3 is 0.895 bits per heavy atom. The molecule has 3 N–H and O–H groups in total. The highest BCUT2D eigenvalue weighted by molar-refractivity contribution is 5.76. The van der Waals surface area contributed by atoms with Crippen LogP contribution in [0.3, 0.4) is 0 Å². The van der Waals surface area contributed by atoms with E-state index in [-0.39, 0.29) is 18.5 Å². The molecule has 2 unspecified atom stereocenters. The maximum absolute atomic E-state index is 12.4. The van der Waals surface area contributed by atoms with Crippen molar-refractivity contribution in [2.75, 3.05) is 13.2 Å². The number of nitrogens with one attached hydrogen (secondary N) is 1. The van der Waals surface area contributed by atoms with Crippen LogP contribution in [0.1, 0.15) is 399 Å². The van der Waals surface area contributed by atoms with Gasteiger partial charge in [-0.3, -0.25) is 9.59 Å². The Kier molecular flexibility index (Phi) is 64.9. The molecule has 452 valence electrons. The second-order valence-corrected chi connectivity index (χ2v) is 24.2. The Labute approximate surface area is 476 Å². The van der Waals surface area contributed by atoms with Gasteiger partial charge in [0.2, 0.25) is 5.91 Å². The fraction of sp³-hybridized carbons (Fsp3) is 0.943. The second-order valence-electron chi connectivity index (χ2n) is 24.2. The van der Waals surface area contributed by atoms with Crippen molar-refractivity contribution in [1.29, 1.82) is 0 Å². The summed E-state index contributed by atoms with van der Waals surface area (Å²) in [6.45, 7) is 4.93. The largest absolute Gasteiger partial charge is 0.466 e. The van der Waals surface area contributed by atoms with Gasteiger partial charge in [0, 0.05) is 12.8 Å². The summed E-state index contributed by atoms with van der Waals surface area (Å²) >= 11 is 0. The molecule has 0 aliphatic heterocycles. The molecule has 0 spiro atoms. The highest BCUT2D eigenvalue weighted by Gasteiger charge is 2.18. The molecule has 0 saturated carbocycles. The molecule has 0 fully saturated rings. The van der Waals surface area contributed by atoms with E-state index in [0.717, 1.165) is 38.5 Å². The van der Waals surface area contributed by atoms with Crippen molar-refractivity contribution in [1.82, 2.24) is 5.32 Å². The number of ether oxygens (including phenoxy) is 1. The third kappa shape index (κ3) is 61.8. The summed E-state index contributed by atoms with van der Waals surface area (Å²) in [6.07, 6.45) is 81.7. The van der Waals surface area contributed by atoms with Crippen molar-refractivity contribution in [2.45, 2.75) is 411 Å². The van der Waals surface area contributed by atoms with Gasteiger partial charge in [0.25, 0.3) is 0 Å². The monoisotopic (exact) mass is 1070 g/mol. The first-order valence-electron chi connectivity index (χ1n) is 35.0. The molecule has 1 amide bonds. The number of hydrogen-bond acceptors (Lipinski definition) is 5. The molecule has 2 atom stereocenters. The Balaban J connectivity index is 3.29. The number of esters is 1. The molecule has 6 heteroatoms. The van der Waals surface area contributed by atoms with Gasteiger partial charge in [-0.15, -0.1) is 0 Å². The number of amides is 1. The van der Waals surface area contributed by atoms with Crippen LogP contribution in [0.2, 0.25) is 0 Å². The number of hydrogen-bond donors (Lipinski definition) is 3. The Morgan fingerprint density at radius 1 is 0.355 bits per heavy atom. The van der Waals surface area contributed by atoms with Crippen LogP contribution < -0.4 is 5.32 Å². The van der Waals surface area contributed by atoms with E-state index in [2.05, 4.69) is 19.2 Å². The summed E-state index contributed by atoms with van der Waals surface area (Å²) in [5.41, 5.74) is 0. The molecule has 6 nitrogen and oxygen atoms in total. The summed E-state index contributed by atoms with van der Waals surface area (Å²) in [7, 11) is 0. The van der Waals surface area contributed by atoms with Gasteiger partial charge >= 0.3 is 5.97 Å². The molecular weight excluding hydrogens is 935 g/mol. The van der Waals surface area contributed by atoms with E-state index in [1.807, 2.05) is 6.08 Å². The summed E-state index contributed by atoms with van der Waals surface area (Å²) in [4.78, 5) is 24.5. The van der Waals surface area contributed by atoms with Crippen molar-refractivity contribution in [3.05, 3.63) is 12.2 Å². The highest BCUT2D eigenvalue weighted by atomic mass is 16.5. The minimum absolute atomic E-state index is 0.0256. The number of unbranched alkanes of at least 4 members (excludes halogenated alkanes) is 55. The summed E-state index contributed by atoms with van der Waals surface area (Å²) in [6, 6.07) is -0.622. The van der Waals surface area contributed by atoms with Crippen LogP contribution in [0.15, 0.2) is 12.2 Å². The van der Waals surface area contributed by atoms with E-state index in [1.54, 1.807) is 6.08 Å². The molecule has 0 aliphatic rings. The van der Waals surface area contributed by atoms with E-state index < -0.39 is 12.1 Å². The maximum atomic E-state index is 12.4. The number of carbonyl (C=O) groups is 2. The third-order valence-corrected chi connectivity index (χ3v) is 16.6. The molecule has 0 aliphatic carbocycles. The van der Waals surface area contributed by atoms with Crippen LogP contribution >= 0.6 is 0 Å². The summed E-state index contributed by atoms with van der Waals surface area (Å²) in [5, 5.41) is 23.0. The van der Waals surface area contributed by atoms with Crippen LogP contribution in [0, 0.1) is 0 Å². The van der Waals surface area contributed by atoms with Crippen molar-refractivity contribution >= 4 is 11.9 Å². The van der Waals surface area contributed by atoms with Gasteiger partial charge < -0.3 is 20.3 Å². The molecule has 0 bridgehead atoms. The second kappa shape index (κ2) is 66.1. The van der Waals surface area contributed by atoms with Crippen LogP contribution in [-0.2, 0) is 14.3 Å². The van der Waals surface area contributed by atoms with Gasteiger partial charge in [0.15, 0.2) is 0 Å². The topological polar surface area (TPSA) is 95.9 Å². The molecular formula is C70H137NO5. The van der Waals surface area contributed by atoms with Crippen molar-refractivity contribution in [2.24, 2.45) is 0 Å². The standard InChI is InChI=1S/C70H137NO5/c1-3-5-7-9-11-13-15-16-17-18-35-38-41-44-48-52-56-60-64-70(75)76-65-61-57-53-49-45-42-39-36-33-31-29-27-25-23-21-19-20-22-24-26-28-30-32-34-37-40-43-47-51-55-59-63-69(74)71-67(66-72)68(73)62-58-54-50-46-14-12-10-8-6-4-2/h58,62,67-68,72-73H,3-57,59-61,63-66H2,1-2H3,(H,71,74)/b62-58+. The van der Waals surface area contributed by atoms with Gasteiger partial charge in [0.05, 0.1) is 25.4 Å². The number of aliphatic hydroxyl groups is 2. The summed E-state index contributed by atoms with van der Waals surface area (Å²) in [5.74, 6) is -0.0382. The first-order chi connectivity index (χ1) is 37.5. The van der Waals surface area contributed by atoms with E-state index in [4.69, 9.17) is 4.74 Å². The first kappa shape index (κ1) is 74.6. The van der Waals surface area contributed by atoms with Gasteiger partial charge in [-0.25, -0.2) is 0 Å². The molecule has 0 aromatic rings. The van der Waals surface area contributed by atoms with Gasteiger partial charge in [-0.1, -0.05) is 366 Å². The predicted octanol–water partition coefficient (Wildman–Crippen LogP) is 22.4. The van der Waals surface area contributed by atoms with Crippen molar-refractivity contribution in [3.63, 3.8) is 0 Å². The zero-order valence-electron chi connectivity index (χ0n) is 51.8. The molecule has 0 rings (SSSR count). The van der Waals surface area contributed by atoms with Crippen LogP contribution in [-0.4, -0.2) is 47.4 Å². The molecule has 0 heterocycles. The zero-order valence-corrected chi connectivity index (χ0v) is 51.8. The number of allylic oxidation sites excluding steroid dienone is 1. The Morgan fingerprint density at radius 2 is 0.605 bits per heavy atom. The smallest absolute Gasteiger partial charge is 0.305 e. The lowest BCUT2D eigenvalue weighted by Gasteiger charge is -2.20. The quantitative estimate of drug-likeness (QED) is 0.0320. The molecule has 0 aromatic carbocycles. The van der Waals surface area contributed by atoms with Crippen molar-refractivity contribution in [3.8, 4) is 0 Å². The van der Waals surface area contributed by atoms with Crippen LogP contribution in [0.4, 0.5) is 0 Å².